The van der Waals surface area contributed by atoms with E-state index in [4.69, 9.17) is 56.3 Å². The molecule has 0 unspecified atom stereocenters. The summed E-state index contributed by atoms with van der Waals surface area (Å²) in [4.78, 5) is 0. The van der Waals surface area contributed by atoms with Gasteiger partial charge in [0.25, 0.3) is 6.64 Å². The van der Waals surface area contributed by atoms with Crippen LogP contribution in [0.15, 0.2) is 18.2 Å². The molecule has 0 heterocycles. The quantitative estimate of drug-likeness (QED) is 0.562. The summed E-state index contributed by atoms with van der Waals surface area (Å²) < 4.78 is 10.9. The average Bonchev–Trinajstić information content (AvgIpc) is 2.26. The zero-order valence-corrected chi connectivity index (χ0v) is 15.0. The molecule has 0 saturated carbocycles. The second kappa shape index (κ2) is 8.49. The van der Waals surface area contributed by atoms with Gasteiger partial charge in [-0.1, -0.05) is 23.2 Å². The van der Waals surface area contributed by atoms with Crippen LogP contribution in [0.2, 0.25) is 10.0 Å². The van der Waals surface area contributed by atoms with Crippen molar-refractivity contribution in [1.29, 1.82) is 0 Å². The summed E-state index contributed by atoms with van der Waals surface area (Å²) in [5.74, 6) is 0. The van der Waals surface area contributed by atoms with Crippen LogP contribution < -0.4 is 10.4 Å². The molecule has 0 amide bonds. The first-order valence-electron chi connectivity index (χ1n) is 5.83. The number of nitrogens with one attached hydrogen (secondary N) is 2. The average molecular weight is 373 g/mol. The highest BCUT2D eigenvalue weighted by atomic mass is 35.5. The first-order valence-corrected chi connectivity index (χ1v) is 9.63. The van der Waals surface area contributed by atoms with Crippen molar-refractivity contribution in [2.45, 2.75) is 13.8 Å². The third-order valence-corrected chi connectivity index (χ3v) is 5.35. The normalized spacial score (nSPS) is 11.2. The van der Waals surface area contributed by atoms with Gasteiger partial charge in [0.2, 0.25) is 0 Å². The van der Waals surface area contributed by atoms with Gasteiger partial charge >= 0.3 is 0 Å². The third kappa shape index (κ3) is 6.22. The van der Waals surface area contributed by atoms with E-state index in [1.54, 1.807) is 18.2 Å². The highest BCUT2D eigenvalue weighted by Crippen LogP contribution is 2.43. The fourth-order valence-corrected chi connectivity index (χ4v) is 4.62. The van der Waals surface area contributed by atoms with Crippen molar-refractivity contribution in [2.24, 2.45) is 0 Å². The van der Waals surface area contributed by atoms with E-state index in [9.17, 15) is 0 Å². The van der Waals surface area contributed by atoms with Crippen molar-refractivity contribution in [1.82, 2.24) is 5.09 Å². The Morgan fingerprint density at radius 3 is 2.10 bits per heavy atom. The lowest BCUT2D eigenvalue weighted by atomic mass is 10.3. The zero-order chi connectivity index (χ0) is 15.2. The Bertz CT molecular complexity index is 501. The van der Waals surface area contributed by atoms with Crippen LogP contribution in [0.25, 0.3) is 0 Å². The summed E-state index contributed by atoms with van der Waals surface area (Å²) in [6.07, 6.45) is 0. The summed E-state index contributed by atoms with van der Waals surface area (Å²) in [5.41, 5.74) is 0.662. The van der Waals surface area contributed by atoms with Crippen molar-refractivity contribution in [2.75, 3.05) is 18.5 Å². The van der Waals surface area contributed by atoms with E-state index in [1.807, 2.05) is 13.8 Å². The predicted octanol–water partition coefficient (Wildman–Crippen LogP) is 4.58. The number of rotatable bonds is 6. The molecule has 0 spiro atoms. The second-order valence-corrected chi connectivity index (χ2v) is 8.02. The van der Waals surface area contributed by atoms with Crippen molar-refractivity contribution in [3.63, 3.8) is 0 Å². The van der Waals surface area contributed by atoms with E-state index < -0.39 is 6.64 Å². The van der Waals surface area contributed by atoms with Gasteiger partial charge in [-0.3, -0.25) is 5.09 Å². The van der Waals surface area contributed by atoms with E-state index in [1.165, 1.54) is 0 Å². The molecule has 0 aromatic heterocycles. The SMILES string of the molecule is CCOP(=S)(NC(=S)Nc1cc(Cl)cc(Cl)c1)OCC. The van der Waals surface area contributed by atoms with Crippen molar-refractivity contribution < 1.29 is 9.05 Å². The maximum atomic E-state index is 5.91. The number of halogens is 2. The van der Waals surface area contributed by atoms with E-state index in [2.05, 4.69) is 10.4 Å². The molecule has 0 saturated heterocycles. The monoisotopic (exact) mass is 372 g/mol. The molecule has 1 aromatic rings. The maximum absolute atomic E-state index is 5.91. The second-order valence-electron chi connectivity index (χ2n) is 3.56. The number of thiocarbonyl (C=S) groups is 1. The molecular weight excluding hydrogens is 358 g/mol. The molecule has 4 nitrogen and oxygen atoms in total. The number of anilines is 1. The number of hydrogen-bond donors (Lipinski definition) is 2. The summed E-state index contributed by atoms with van der Waals surface area (Å²) in [6.45, 7) is 1.94. The Morgan fingerprint density at radius 2 is 1.65 bits per heavy atom. The lowest BCUT2D eigenvalue weighted by Gasteiger charge is -2.23. The van der Waals surface area contributed by atoms with Crippen LogP contribution in [0.5, 0.6) is 0 Å². The van der Waals surface area contributed by atoms with Crippen molar-refractivity contribution >= 4 is 64.7 Å². The molecule has 1 rings (SSSR count). The molecule has 0 atom stereocenters. The van der Waals surface area contributed by atoms with Gasteiger partial charge in [-0.25, -0.2) is 0 Å². The highest BCUT2D eigenvalue weighted by molar-refractivity contribution is 8.09. The van der Waals surface area contributed by atoms with Crippen LogP contribution in [0.4, 0.5) is 5.69 Å². The predicted molar refractivity (Wildman–Crippen MR) is 93.4 cm³/mol. The summed E-state index contributed by atoms with van der Waals surface area (Å²) >= 11 is 22.3. The summed E-state index contributed by atoms with van der Waals surface area (Å²) in [5, 5.41) is 7.17. The van der Waals surface area contributed by atoms with Crippen LogP contribution in [0.1, 0.15) is 13.8 Å². The van der Waals surface area contributed by atoms with Gasteiger partial charge < -0.3 is 14.4 Å². The standard InChI is InChI=1S/C11H15Cl2N2O2PS2/c1-3-16-18(20,17-4-2)15-11(19)14-10-6-8(12)5-9(13)7-10/h5-7H,3-4H2,1-2H3,(H2,14,15,19,20). The lowest BCUT2D eigenvalue weighted by molar-refractivity contribution is 0.263. The van der Waals surface area contributed by atoms with Gasteiger partial charge in [0, 0.05) is 15.7 Å². The summed E-state index contributed by atoms with van der Waals surface area (Å²) in [7, 11) is 0. The zero-order valence-electron chi connectivity index (χ0n) is 11.0. The minimum atomic E-state index is -2.62. The molecule has 0 fully saturated rings. The molecule has 0 bridgehead atoms. The van der Waals surface area contributed by atoms with Gasteiger partial charge in [0.1, 0.15) is 0 Å². The van der Waals surface area contributed by atoms with Gasteiger partial charge in [-0.05, 0) is 56.1 Å². The molecule has 1 aromatic carbocycles. The van der Waals surface area contributed by atoms with E-state index in [-0.39, 0.29) is 0 Å². The topological polar surface area (TPSA) is 42.5 Å². The lowest BCUT2D eigenvalue weighted by Crippen LogP contribution is -2.27. The van der Waals surface area contributed by atoms with Crippen LogP contribution in [0.3, 0.4) is 0 Å². The minimum Gasteiger partial charge on any atom is -0.332 e. The van der Waals surface area contributed by atoms with Gasteiger partial charge in [-0.2, -0.15) is 0 Å². The Balaban J connectivity index is 2.72. The smallest absolute Gasteiger partial charge is 0.289 e. The molecule has 0 aliphatic carbocycles. The molecule has 2 N–H and O–H groups in total. The fourth-order valence-electron chi connectivity index (χ4n) is 1.35. The van der Waals surface area contributed by atoms with Crippen LogP contribution in [0, 0.1) is 0 Å². The maximum Gasteiger partial charge on any atom is 0.289 e. The van der Waals surface area contributed by atoms with Gasteiger partial charge in [0.05, 0.1) is 13.2 Å². The summed E-state index contributed by atoms with van der Waals surface area (Å²) in [6, 6.07) is 5.04. The molecule has 0 aliphatic heterocycles. The largest absolute Gasteiger partial charge is 0.332 e. The highest BCUT2D eigenvalue weighted by Gasteiger charge is 2.19. The van der Waals surface area contributed by atoms with Crippen molar-refractivity contribution in [3.05, 3.63) is 28.2 Å². The van der Waals surface area contributed by atoms with Gasteiger partial charge in [-0.15, -0.1) is 0 Å². The van der Waals surface area contributed by atoms with Crippen molar-refractivity contribution in [3.8, 4) is 0 Å². The van der Waals surface area contributed by atoms with Crippen LogP contribution >= 0.6 is 42.1 Å². The van der Waals surface area contributed by atoms with E-state index >= 15 is 0 Å². The van der Waals surface area contributed by atoms with E-state index in [0.717, 1.165) is 0 Å². The molecule has 112 valence electrons. The fraction of sp³-hybridized carbons (Fsp3) is 0.364. The van der Waals surface area contributed by atoms with Crippen LogP contribution in [-0.4, -0.2) is 18.3 Å². The van der Waals surface area contributed by atoms with E-state index in [0.29, 0.717) is 34.1 Å². The number of hydrogen-bond acceptors (Lipinski definition) is 4. The Kier molecular flexibility index (Phi) is 7.69. The Labute approximate surface area is 139 Å². The van der Waals surface area contributed by atoms with Crippen LogP contribution in [-0.2, 0) is 20.9 Å². The first-order chi connectivity index (χ1) is 9.38. The Morgan fingerprint density at radius 1 is 1.15 bits per heavy atom. The Hall–Kier alpha value is 0.0600. The first kappa shape index (κ1) is 18.1. The minimum absolute atomic E-state index is 0.300. The number of benzene rings is 1. The molecular formula is C11H15Cl2N2O2PS2. The third-order valence-electron chi connectivity index (χ3n) is 1.96. The molecule has 0 radical (unpaired) electrons. The molecule has 9 heteroatoms. The molecule has 0 aliphatic rings. The van der Waals surface area contributed by atoms with Gasteiger partial charge in [0.15, 0.2) is 5.11 Å². The molecule has 20 heavy (non-hydrogen) atoms.